The van der Waals surface area contributed by atoms with Crippen molar-refractivity contribution in [2.75, 3.05) is 19.7 Å². The molecule has 0 N–H and O–H groups in total. The molecule has 0 aromatic carbocycles. The van der Waals surface area contributed by atoms with Crippen LogP contribution in [0.4, 0.5) is 8.78 Å². The molecule has 0 bridgehead atoms. The summed E-state index contributed by atoms with van der Waals surface area (Å²) in [6.07, 6.45) is 9.21. The zero-order valence-corrected chi connectivity index (χ0v) is 20.3. The summed E-state index contributed by atoms with van der Waals surface area (Å²) in [5, 5.41) is 0.356. The van der Waals surface area contributed by atoms with Crippen molar-refractivity contribution < 1.29 is 22.7 Å². The zero-order valence-electron chi connectivity index (χ0n) is 19.4. The predicted molar refractivity (Wildman–Crippen MR) is 122 cm³/mol. The van der Waals surface area contributed by atoms with E-state index in [1.807, 2.05) is 6.92 Å². The van der Waals surface area contributed by atoms with Crippen LogP contribution in [-0.2, 0) is 24.2 Å². The first kappa shape index (κ1) is 24.3. The van der Waals surface area contributed by atoms with Gasteiger partial charge in [-0.25, -0.2) is 18.7 Å². The molecule has 1 fully saturated rings. The topological polar surface area (TPSA) is 68.5 Å². The van der Waals surface area contributed by atoms with Crippen molar-refractivity contribution >= 4 is 17.1 Å². The lowest BCUT2D eigenvalue weighted by atomic mass is 9.78. The lowest BCUT2D eigenvalue weighted by Gasteiger charge is -2.31. The number of halogens is 2. The minimum absolute atomic E-state index is 0.221. The second kappa shape index (κ2) is 10.6. The minimum Gasteiger partial charge on any atom is -0.464 e. The van der Waals surface area contributed by atoms with Gasteiger partial charge in [-0.1, -0.05) is 24.2 Å². The highest BCUT2D eigenvalue weighted by Gasteiger charge is 2.27. The van der Waals surface area contributed by atoms with Gasteiger partial charge in [-0.15, -0.1) is 0 Å². The van der Waals surface area contributed by atoms with Crippen molar-refractivity contribution in [2.24, 2.45) is 11.8 Å². The number of Topliss-reactive ketones (excluding diaryl/α,β-unsaturated/α-hetero) is 1. The van der Waals surface area contributed by atoms with Gasteiger partial charge in [0.2, 0.25) is 5.89 Å². The third kappa shape index (κ3) is 7.30. The average molecular weight is 482 g/mol. The number of aromatic nitrogens is 2. The lowest BCUT2D eigenvalue weighted by molar-refractivity contribution is -0.119. The number of oxazole rings is 1. The zero-order chi connectivity index (χ0) is 23.4. The molecule has 0 unspecified atom stereocenters. The number of aryl methyl sites for hydroxylation is 1. The fourth-order valence-electron chi connectivity index (χ4n) is 4.81. The van der Waals surface area contributed by atoms with Gasteiger partial charge in [0, 0.05) is 31.3 Å². The Kier molecular flexibility index (Phi) is 7.79. The maximum Gasteiger partial charge on any atom is 0.278 e. The molecule has 0 saturated heterocycles. The molecule has 0 atom stereocenters. The van der Waals surface area contributed by atoms with Crippen molar-refractivity contribution in [2.45, 2.75) is 77.7 Å². The molecule has 0 spiro atoms. The van der Waals surface area contributed by atoms with Crippen LogP contribution in [-0.4, -0.2) is 46.3 Å². The van der Waals surface area contributed by atoms with E-state index in [4.69, 9.17) is 9.15 Å². The smallest absolute Gasteiger partial charge is 0.278 e. The lowest BCUT2D eigenvalue weighted by Crippen LogP contribution is -2.32. The van der Waals surface area contributed by atoms with Gasteiger partial charge in [0.05, 0.1) is 18.3 Å². The fourth-order valence-corrected chi connectivity index (χ4v) is 5.71. The number of carbonyl (C=O) groups is 1. The molecule has 182 valence electrons. The maximum absolute atomic E-state index is 13.0. The summed E-state index contributed by atoms with van der Waals surface area (Å²) in [5.74, 6) is -0.176. The Balaban J connectivity index is 1.15. The number of nitrogens with zero attached hydrogens (tertiary/aromatic N) is 3. The molecule has 1 saturated carbocycles. The van der Waals surface area contributed by atoms with E-state index in [0.717, 1.165) is 68.6 Å². The predicted octanol–water partition coefficient (Wildman–Crippen LogP) is 5.23. The monoisotopic (exact) mass is 481 g/mol. The Labute approximate surface area is 197 Å². The molecule has 1 aliphatic heterocycles. The van der Waals surface area contributed by atoms with Crippen LogP contribution < -0.4 is 4.74 Å². The molecule has 2 aromatic heterocycles. The summed E-state index contributed by atoms with van der Waals surface area (Å²) < 4.78 is 36.7. The number of carbonyl (C=O) groups excluding carboxylic acids is 1. The first-order valence-corrected chi connectivity index (χ1v) is 12.7. The molecule has 33 heavy (non-hydrogen) atoms. The molecule has 9 heteroatoms. The van der Waals surface area contributed by atoms with E-state index in [2.05, 4.69) is 14.9 Å². The fraction of sp³-hybridized carbons (Fsp3) is 0.708. The molecular weight excluding hydrogens is 448 g/mol. The van der Waals surface area contributed by atoms with E-state index in [-0.39, 0.29) is 5.78 Å². The van der Waals surface area contributed by atoms with Gasteiger partial charge in [-0.3, -0.25) is 9.69 Å². The first-order chi connectivity index (χ1) is 15.7. The summed E-state index contributed by atoms with van der Waals surface area (Å²) in [6.45, 7) is 4.83. The molecule has 2 aromatic rings. The van der Waals surface area contributed by atoms with Gasteiger partial charge < -0.3 is 9.15 Å². The summed E-state index contributed by atoms with van der Waals surface area (Å²) in [5.41, 5.74) is 0.976. The quantitative estimate of drug-likeness (QED) is 0.463. The van der Waals surface area contributed by atoms with Crippen molar-refractivity contribution in [3.05, 3.63) is 28.4 Å². The number of hydrogen-bond acceptors (Lipinski definition) is 7. The Morgan fingerprint density at radius 3 is 2.76 bits per heavy atom. The standard InChI is InChI=1S/C24H33F2N3O3S/c1-16-13-27-22(32-16)12-19(30)11-18-5-3-17(4-6-18)7-9-29-10-8-21-20(14-29)28-23(33-21)31-15-24(2,25)26/h13,17-18H,3-12,14-15H2,1-2H3. The second-order valence-corrected chi connectivity index (χ2v) is 10.7. The van der Waals surface area contributed by atoms with Crippen LogP contribution in [0.2, 0.25) is 0 Å². The second-order valence-electron chi connectivity index (χ2n) is 9.69. The van der Waals surface area contributed by atoms with E-state index in [0.29, 0.717) is 35.8 Å². The van der Waals surface area contributed by atoms with Gasteiger partial charge in [-0.05, 0) is 51.0 Å². The number of thiazole rings is 1. The SMILES string of the molecule is Cc1cnc(CC(=O)CC2CCC(CCN3CCc4sc(OCC(C)(F)F)nc4C3)CC2)o1. The highest BCUT2D eigenvalue weighted by atomic mass is 32.1. The number of rotatable bonds is 10. The van der Waals surface area contributed by atoms with E-state index in [9.17, 15) is 13.6 Å². The van der Waals surface area contributed by atoms with Crippen LogP contribution >= 0.6 is 11.3 Å². The van der Waals surface area contributed by atoms with E-state index < -0.39 is 12.5 Å². The summed E-state index contributed by atoms with van der Waals surface area (Å²) in [7, 11) is 0. The van der Waals surface area contributed by atoms with Crippen molar-refractivity contribution in [3.8, 4) is 5.19 Å². The molecule has 0 radical (unpaired) electrons. The number of fused-ring (bicyclic) bond motifs is 1. The third-order valence-electron chi connectivity index (χ3n) is 6.59. The summed E-state index contributed by atoms with van der Waals surface area (Å²) >= 11 is 1.40. The highest BCUT2D eigenvalue weighted by molar-refractivity contribution is 7.13. The summed E-state index contributed by atoms with van der Waals surface area (Å²) in [4.78, 5) is 24.5. The van der Waals surface area contributed by atoms with Crippen LogP contribution in [0.1, 0.15) is 67.7 Å². The van der Waals surface area contributed by atoms with Gasteiger partial charge in [-0.2, -0.15) is 0 Å². The average Bonchev–Trinajstić information content (AvgIpc) is 3.36. The highest BCUT2D eigenvalue weighted by Crippen LogP contribution is 2.34. The van der Waals surface area contributed by atoms with Crippen LogP contribution in [0.15, 0.2) is 10.6 Å². The Bertz CT molecular complexity index is 932. The number of ether oxygens (including phenoxy) is 1. The van der Waals surface area contributed by atoms with Gasteiger partial charge in [0.15, 0.2) is 6.61 Å². The third-order valence-corrected chi connectivity index (χ3v) is 7.66. The van der Waals surface area contributed by atoms with Crippen LogP contribution in [0.5, 0.6) is 5.19 Å². The van der Waals surface area contributed by atoms with E-state index in [1.54, 1.807) is 6.20 Å². The molecule has 0 amide bonds. The van der Waals surface area contributed by atoms with Crippen molar-refractivity contribution in [3.63, 3.8) is 0 Å². The Morgan fingerprint density at radius 1 is 1.30 bits per heavy atom. The largest absolute Gasteiger partial charge is 0.464 e. The normalized spacial score (nSPS) is 21.7. The Morgan fingerprint density at radius 2 is 2.06 bits per heavy atom. The molecule has 2 aliphatic rings. The molecule has 4 rings (SSSR count). The maximum atomic E-state index is 13.0. The molecule has 1 aliphatic carbocycles. The number of alkyl halides is 2. The Hall–Kier alpha value is -1.87. The van der Waals surface area contributed by atoms with Gasteiger partial charge >= 0.3 is 0 Å². The number of ketones is 1. The van der Waals surface area contributed by atoms with Crippen LogP contribution in [0.3, 0.4) is 0 Å². The van der Waals surface area contributed by atoms with Gasteiger partial charge in [0.1, 0.15) is 11.5 Å². The molecular formula is C24H33F2N3O3S. The van der Waals surface area contributed by atoms with E-state index in [1.165, 1.54) is 24.2 Å². The van der Waals surface area contributed by atoms with E-state index >= 15 is 0 Å². The van der Waals surface area contributed by atoms with Crippen LogP contribution in [0, 0.1) is 18.8 Å². The van der Waals surface area contributed by atoms with Crippen LogP contribution in [0.25, 0.3) is 0 Å². The minimum atomic E-state index is -2.85. The van der Waals surface area contributed by atoms with Gasteiger partial charge in [0.25, 0.3) is 11.1 Å². The van der Waals surface area contributed by atoms with Crippen molar-refractivity contribution in [1.82, 2.24) is 14.9 Å². The first-order valence-electron chi connectivity index (χ1n) is 11.9. The molecule has 3 heterocycles. The molecule has 6 nitrogen and oxygen atoms in total. The summed E-state index contributed by atoms with van der Waals surface area (Å²) in [6, 6.07) is 0. The van der Waals surface area contributed by atoms with Crippen molar-refractivity contribution in [1.29, 1.82) is 0 Å². The number of hydrogen-bond donors (Lipinski definition) is 0.